The number of benzene rings is 1. The summed E-state index contributed by atoms with van der Waals surface area (Å²) < 4.78 is 5.74. The topological polar surface area (TPSA) is 47.3 Å². The maximum atomic E-state index is 5.75. The van der Waals surface area contributed by atoms with Crippen molar-refractivity contribution >= 4 is 11.3 Å². The van der Waals surface area contributed by atoms with E-state index >= 15 is 0 Å². The van der Waals surface area contributed by atoms with Crippen LogP contribution in [0, 0.1) is 0 Å². The third kappa shape index (κ3) is 2.66. The summed E-state index contributed by atoms with van der Waals surface area (Å²) in [5.74, 6) is 7.10. The van der Waals surface area contributed by atoms with Gasteiger partial charge in [-0.25, -0.2) is 0 Å². The predicted molar refractivity (Wildman–Crippen MR) is 78.4 cm³/mol. The first kappa shape index (κ1) is 12.7. The number of hydrazine groups is 1. The van der Waals surface area contributed by atoms with Crippen molar-refractivity contribution in [3.63, 3.8) is 0 Å². The van der Waals surface area contributed by atoms with E-state index in [0.717, 1.165) is 25.2 Å². The standard InChI is InChI=1S/C15H18N2OS/c16-17-14(8-7-11-4-3-9-19-11)13-10-18-15-6-2-1-5-12(13)15/h1-6,9,13-14,17H,7-8,10,16H2. The molecule has 1 aromatic heterocycles. The lowest BCUT2D eigenvalue weighted by Crippen LogP contribution is -2.40. The number of thiophene rings is 1. The summed E-state index contributed by atoms with van der Waals surface area (Å²) in [5, 5.41) is 2.12. The number of nitrogens with two attached hydrogens (primary N) is 1. The molecule has 0 radical (unpaired) electrons. The lowest BCUT2D eigenvalue weighted by Gasteiger charge is -2.21. The van der Waals surface area contributed by atoms with E-state index in [0.29, 0.717) is 5.92 Å². The van der Waals surface area contributed by atoms with Crippen molar-refractivity contribution in [3.8, 4) is 5.75 Å². The van der Waals surface area contributed by atoms with Gasteiger partial charge in [0, 0.05) is 22.4 Å². The quantitative estimate of drug-likeness (QED) is 0.651. The first-order valence-corrected chi connectivity index (χ1v) is 7.46. The van der Waals surface area contributed by atoms with Crippen LogP contribution in [-0.4, -0.2) is 12.6 Å². The van der Waals surface area contributed by atoms with Crippen LogP contribution in [0.4, 0.5) is 0 Å². The SMILES string of the molecule is NNC(CCc1cccs1)C1COc2ccccc21. The molecule has 0 saturated carbocycles. The molecular formula is C15H18N2OS. The van der Waals surface area contributed by atoms with Crippen molar-refractivity contribution in [1.29, 1.82) is 0 Å². The number of para-hydroxylation sites is 1. The Balaban J connectivity index is 1.69. The number of aryl methyl sites for hydroxylation is 1. The number of ether oxygens (including phenoxy) is 1. The van der Waals surface area contributed by atoms with Gasteiger partial charge >= 0.3 is 0 Å². The van der Waals surface area contributed by atoms with Crippen LogP contribution in [0.1, 0.15) is 22.8 Å². The van der Waals surface area contributed by atoms with Crippen LogP contribution in [0.25, 0.3) is 0 Å². The minimum atomic E-state index is 0.255. The van der Waals surface area contributed by atoms with Gasteiger partial charge in [-0.3, -0.25) is 11.3 Å². The Hall–Kier alpha value is -1.36. The molecule has 1 aliphatic heterocycles. The molecule has 1 aliphatic rings. The number of nitrogens with one attached hydrogen (secondary N) is 1. The molecule has 1 aromatic carbocycles. The summed E-state index contributed by atoms with van der Waals surface area (Å²) in [4.78, 5) is 1.41. The van der Waals surface area contributed by atoms with Crippen molar-refractivity contribution in [2.24, 2.45) is 5.84 Å². The third-order valence-corrected chi connectivity index (χ3v) is 4.65. The van der Waals surface area contributed by atoms with Crippen LogP contribution < -0.4 is 16.0 Å². The highest BCUT2D eigenvalue weighted by Crippen LogP contribution is 2.36. The maximum absolute atomic E-state index is 5.75. The molecule has 2 aromatic rings. The summed E-state index contributed by atoms with van der Waals surface area (Å²) in [5.41, 5.74) is 4.25. The molecule has 4 heteroatoms. The van der Waals surface area contributed by atoms with Crippen molar-refractivity contribution in [1.82, 2.24) is 5.43 Å². The molecule has 2 heterocycles. The maximum Gasteiger partial charge on any atom is 0.122 e. The van der Waals surface area contributed by atoms with Gasteiger partial charge in [-0.15, -0.1) is 11.3 Å². The molecule has 0 saturated heterocycles. The van der Waals surface area contributed by atoms with E-state index in [1.807, 2.05) is 12.1 Å². The van der Waals surface area contributed by atoms with Crippen molar-refractivity contribution in [2.75, 3.05) is 6.61 Å². The fraction of sp³-hybridized carbons (Fsp3) is 0.333. The average Bonchev–Trinajstić information content (AvgIpc) is 3.09. The van der Waals surface area contributed by atoms with Gasteiger partial charge in [0.25, 0.3) is 0 Å². The molecule has 0 bridgehead atoms. The molecule has 0 aliphatic carbocycles. The average molecular weight is 274 g/mol. The van der Waals surface area contributed by atoms with E-state index in [1.54, 1.807) is 11.3 Å². The van der Waals surface area contributed by atoms with Crippen LogP contribution in [0.5, 0.6) is 5.75 Å². The molecule has 2 atom stereocenters. The van der Waals surface area contributed by atoms with E-state index in [4.69, 9.17) is 10.6 Å². The van der Waals surface area contributed by atoms with Gasteiger partial charge in [0.2, 0.25) is 0 Å². The molecule has 0 fully saturated rings. The first-order valence-electron chi connectivity index (χ1n) is 6.58. The van der Waals surface area contributed by atoms with E-state index in [-0.39, 0.29) is 6.04 Å². The number of hydrogen-bond donors (Lipinski definition) is 2. The molecule has 3 nitrogen and oxygen atoms in total. The molecule has 0 amide bonds. The molecule has 3 rings (SSSR count). The Morgan fingerprint density at radius 1 is 1.32 bits per heavy atom. The third-order valence-electron chi connectivity index (χ3n) is 3.72. The highest BCUT2D eigenvalue weighted by molar-refractivity contribution is 7.09. The van der Waals surface area contributed by atoms with Crippen molar-refractivity contribution in [2.45, 2.75) is 24.8 Å². The molecule has 2 unspecified atom stereocenters. The zero-order valence-corrected chi connectivity index (χ0v) is 11.5. The van der Waals surface area contributed by atoms with Crippen LogP contribution in [-0.2, 0) is 6.42 Å². The van der Waals surface area contributed by atoms with Crippen LogP contribution in [0.15, 0.2) is 41.8 Å². The van der Waals surface area contributed by atoms with E-state index < -0.39 is 0 Å². The Labute approximate surface area is 117 Å². The Kier molecular flexibility index (Phi) is 3.82. The lowest BCUT2D eigenvalue weighted by molar-refractivity contribution is 0.293. The second-order valence-electron chi connectivity index (χ2n) is 4.85. The second kappa shape index (κ2) is 5.74. The van der Waals surface area contributed by atoms with Gasteiger partial charge in [0.1, 0.15) is 5.75 Å². The zero-order valence-electron chi connectivity index (χ0n) is 10.7. The summed E-state index contributed by atoms with van der Waals surface area (Å²) >= 11 is 1.80. The number of fused-ring (bicyclic) bond motifs is 1. The van der Waals surface area contributed by atoms with Gasteiger partial charge in [-0.1, -0.05) is 24.3 Å². The number of rotatable bonds is 5. The van der Waals surface area contributed by atoms with Crippen LogP contribution in [0.2, 0.25) is 0 Å². The van der Waals surface area contributed by atoms with Crippen molar-refractivity contribution in [3.05, 3.63) is 52.2 Å². The molecule has 3 N–H and O–H groups in total. The smallest absolute Gasteiger partial charge is 0.122 e. The molecular weight excluding hydrogens is 256 g/mol. The van der Waals surface area contributed by atoms with Crippen LogP contribution >= 0.6 is 11.3 Å². The van der Waals surface area contributed by atoms with Crippen LogP contribution in [0.3, 0.4) is 0 Å². The fourth-order valence-corrected chi connectivity index (χ4v) is 3.40. The Morgan fingerprint density at radius 3 is 3.00 bits per heavy atom. The van der Waals surface area contributed by atoms with E-state index in [2.05, 4.69) is 35.1 Å². The minimum absolute atomic E-state index is 0.255. The largest absolute Gasteiger partial charge is 0.493 e. The Bertz CT molecular complexity index is 527. The minimum Gasteiger partial charge on any atom is -0.493 e. The normalized spacial score (nSPS) is 18.9. The summed E-state index contributed by atoms with van der Waals surface area (Å²) in [6.45, 7) is 0.721. The Morgan fingerprint density at radius 2 is 2.21 bits per heavy atom. The van der Waals surface area contributed by atoms with E-state index in [9.17, 15) is 0 Å². The summed E-state index contributed by atoms with van der Waals surface area (Å²) in [6, 6.07) is 12.8. The van der Waals surface area contributed by atoms with Gasteiger partial charge in [-0.05, 0) is 30.4 Å². The zero-order chi connectivity index (χ0) is 13.1. The lowest BCUT2D eigenvalue weighted by atomic mass is 9.90. The monoisotopic (exact) mass is 274 g/mol. The second-order valence-corrected chi connectivity index (χ2v) is 5.88. The fourth-order valence-electron chi connectivity index (χ4n) is 2.67. The summed E-state index contributed by atoms with van der Waals surface area (Å²) in [7, 11) is 0. The highest BCUT2D eigenvalue weighted by Gasteiger charge is 2.30. The summed E-state index contributed by atoms with van der Waals surface area (Å²) in [6.07, 6.45) is 2.09. The predicted octanol–water partition coefficient (Wildman–Crippen LogP) is 2.69. The number of hydrogen-bond acceptors (Lipinski definition) is 4. The highest BCUT2D eigenvalue weighted by atomic mass is 32.1. The molecule has 19 heavy (non-hydrogen) atoms. The van der Waals surface area contributed by atoms with Gasteiger partial charge in [0.15, 0.2) is 0 Å². The molecule has 100 valence electrons. The van der Waals surface area contributed by atoms with Crippen molar-refractivity contribution < 1.29 is 4.74 Å². The van der Waals surface area contributed by atoms with Gasteiger partial charge in [0.05, 0.1) is 6.61 Å². The first-order chi connectivity index (χ1) is 9.38. The molecule has 0 spiro atoms. The van der Waals surface area contributed by atoms with Gasteiger partial charge in [-0.2, -0.15) is 0 Å². The van der Waals surface area contributed by atoms with E-state index in [1.165, 1.54) is 10.4 Å². The van der Waals surface area contributed by atoms with Gasteiger partial charge < -0.3 is 4.74 Å².